The van der Waals surface area contributed by atoms with Crippen LogP contribution >= 0.6 is 0 Å². The maximum atomic E-state index is 12.4. The first kappa shape index (κ1) is 20.1. The number of rotatable bonds is 5. The van der Waals surface area contributed by atoms with E-state index in [0.29, 0.717) is 16.8 Å². The molecule has 7 nitrogen and oxygen atoms in total. The van der Waals surface area contributed by atoms with Crippen LogP contribution in [-0.2, 0) is 33.4 Å². The van der Waals surface area contributed by atoms with Crippen LogP contribution in [0.3, 0.4) is 0 Å². The monoisotopic (exact) mass is 422 g/mol. The van der Waals surface area contributed by atoms with E-state index in [1.54, 1.807) is 36.4 Å². The molecule has 1 aliphatic rings. The Balaban J connectivity index is 1.44. The van der Waals surface area contributed by atoms with E-state index in [-0.39, 0.29) is 5.75 Å². The number of hydrogen-bond donors (Lipinski definition) is 1. The Labute approximate surface area is 175 Å². The van der Waals surface area contributed by atoms with Gasteiger partial charge in [0.25, 0.3) is 0 Å². The van der Waals surface area contributed by atoms with Crippen LogP contribution in [-0.4, -0.2) is 29.6 Å². The Morgan fingerprint density at radius 1 is 1.13 bits per heavy atom. The van der Waals surface area contributed by atoms with E-state index in [9.17, 15) is 13.2 Å². The minimum Gasteiger partial charge on any atom is -0.328 e. The lowest BCUT2D eigenvalue weighted by Gasteiger charge is -2.08. The van der Waals surface area contributed by atoms with Gasteiger partial charge >= 0.3 is 0 Å². The number of hydrogen-bond acceptors (Lipinski definition) is 5. The highest BCUT2D eigenvalue weighted by atomic mass is 32.2. The number of carbonyl (C=O) groups excluding carboxylic acids is 1. The van der Waals surface area contributed by atoms with Crippen molar-refractivity contribution in [3.63, 3.8) is 0 Å². The molecule has 154 valence electrons. The Bertz CT molecular complexity index is 1240. The third-order valence-corrected chi connectivity index (χ3v) is 6.69. The van der Waals surface area contributed by atoms with Crippen molar-refractivity contribution in [3.05, 3.63) is 59.4 Å². The number of carbonyl (C=O) groups is 1. The Morgan fingerprint density at radius 2 is 1.93 bits per heavy atom. The second kappa shape index (κ2) is 8.28. The Morgan fingerprint density at radius 3 is 2.70 bits per heavy atom. The van der Waals surface area contributed by atoms with Crippen molar-refractivity contribution in [3.8, 4) is 6.07 Å². The first-order valence-electron chi connectivity index (χ1n) is 9.92. The largest absolute Gasteiger partial charge is 0.328 e. The van der Waals surface area contributed by atoms with Crippen LogP contribution in [0.15, 0.2) is 42.5 Å². The molecule has 0 unspecified atom stereocenters. The van der Waals surface area contributed by atoms with Crippen molar-refractivity contribution in [2.45, 2.75) is 38.0 Å². The number of nitrogens with zero attached hydrogens (tertiary/aromatic N) is 3. The standard InChI is InChI=1S/C22H22N4O3S/c23-13-16-5-7-17(8-6-16)14-30(28,29)15-22(27)24-18-9-10-20-19(12-18)25-21-4-2-1-3-11-26(20)21/h5-10,12H,1-4,11,14-15H2,(H,24,27). The van der Waals surface area contributed by atoms with E-state index in [0.717, 1.165) is 42.7 Å². The third kappa shape index (κ3) is 4.52. The van der Waals surface area contributed by atoms with Crippen molar-refractivity contribution in [1.29, 1.82) is 5.26 Å². The van der Waals surface area contributed by atoms with Crippen molar-refractivity contribution in [1.82, 2.24) is 9.55 Å². The first-order chi connectivity index (χ1) is 14.4. The summed E-state index contributed by atoms with van der Waals surface area (Å²) in [4.78, 5) is 17.0. The van der Waals surface area contributed by atoms with Gasteiger partial charge in [0.1, 0.15) is 11.6 Å². The fourth-order valence-corrected chi connectivity index (χ4v) is 5.08. The molecule has 0 radical (unpaired) electrons. The molecule has 1 aromatic heterocycles. The van der Waals surface area contributed by atoms with E-state index in [4.69, 9.17) is 10.2 Å². The molecule has 0 fully saturated rings. The van der Waals surface area contributed by atoms with E-state index < -0.39 is 21.5 Å². The molecule has 0 atom stereocenters. The van der Waals surface area contributed by atoms with Gasteiger partial charge in [-0.3, -0.25) is 4.79 Å². The highest BCUT2D eigenvalue weighted by Crippen LogP contribution is 2.24. The van der Waals surface area contributed by atoms with Gasteiger partial charge in [-0.25, -0.2) is 13.4 Å². The van der Waals surface area contributed by atoms with E-state index in [1.807, 2.05) is 12.1 Å². The summed E-state index contributed by atoms with van der Waals surface area (Å²) in [7, 11) is -3.64. The first-order valence-corrected chi connectivity index (χ1v) is 11.7. The average molecular weight is 423 g/mol. The zero-order valence-corrected chi connectivity index (χ0v) is 17.3. The molecule has 4 rings (SSSR count). The molecule has 1 aliphatic heterocycles. The van der Waals surface area contributed by atoms with Gasteiger partial charge in [0, 0.05) is 18.7 Å². The van der Waals surface area contributed by atoms with Crippen LogP contribution < -0.4 is 5.32 Å². The molecular weight excluding hydrogens is 400 g/mol. The Hall–Kier alpha value is -3.18. The smallest absolute Gasteiger partial charge is 0.239 e. The highest BCUT2D eigenvalue weighted by Gasteiger charge is 2.19. The summed E-state index contributed by atoms with van der Waals surface area (Å²) in [5, 5.41) is 11.5. The number of aromatic nitrogens is 2. The minimum absolute atomic E-state index is 0.251. The number of imidazole rings is 1. The lowest BCUT2D eigenvalue weighted by molar-refractivity contribution is -0.113. The fraction of sp³-hybridized carbons (Fsp3) is 0.318. The number of anilines is 1. The van der Waals surface area contributed by atoms with Crippen molar-refractivity contribution in [2.24, 2.45) is 0 Å². The number of fused-ring (bicyclic) bond motifs is 3. The van der Waals surface area contributed by atoms with E-state index >= 15 is 0 Å². The molecule has 0 aliphatic carbocycles. The lowest BCUT2D eigenvalue weighted by atomic mass is 10.2. The zero-order valence-electron chi connectivity index (χ0n) is 16.5. The lowest BCUT2D eigenvalue weighted by Crippen LogP contribution is -2.23. The molecule has 1 amide bonds. The number of aryl methyl sites for hydroxylation is 2. The predicted octanol–water partition coefficient (Wildman–Crippen LogP) is 3.19. The van der Waals surface area contributed by atoms with Crippen LogP contribution in [0.1, 0.15) is 36.2 Å². The zero-order chi connectivity index (χ0) is 21.1. The number of amides is 1. The second-order valence-electron chi connectivity index (χ2n) is 7.58. The molecule has 3 aromatic rings. The molecular formula is C22H22N4O3S. The maximum Gasteiger partial charge on any atom is 0.239 e. The summed E-state index contributed by atoms with van der Waals surface area (Å²) in [6, 6.07) is 13.8. The summed E-state index contributed by atoms with van der Waals surface area (Å²) in [5.41, 5.74) is 3.39. The molecule has 0 bridgehead atoms. The molecule has 0 spiro atoms. The highest BCUT2D eigenvalue weighted by molar-refractivity contribution is 7.91. The van der Waals surface area contributed by atoms with Gasteiger partial charge in [0.2, 0.25) is 5.91 Å². The van der Waals surface area contributed by atoms with Crippen LogP contribution in [0.25, 0.3) is 11.0 Å². The van der Waals surface area contributed by atoms with Gasteiger partial charge in [-0.05, 0) is 48.7 Å². The molecule has 2 heterocycles. The molecule has 2 aromatic carbocycles. The van der Waals surface area contributed by atoms with Crippen molar-refractivity contribution >= 4 is 32.5 Å². The van der Waals surface area contributed by atoms with Crippen LogP contribution in [0.5, 0.6) is 0 Å². The van der Waals surface area contributed by atoms with Crippen LogP contribution in [0.2, 0.25) is 0 Å². The van der Waals surface area contributed by atoms with Gasteiger partial charge < -0.3 is 9.88 Å². The minimum atomic E-state index is -3.64. The van der Waals surface area contributed by atoms with Crippen molar-refractivity contribution in [2.75, 3.05) is 11.1 Å². The quantitative estimate of drug-likeness (QED) is 0.680. The molecule has 0 saturated heterocycles. The summed E-state index contributed by atoms with van der Waals surface area (Å²) in [6.45, 7) is 0.950. The third-order valence-electron chi connectivity index (χ3n) is 5.21. The molecule has 8 heteroatoms. The molecule has 1 N–H and O–H groups in total. The predicted molar refractivity (Wildman–Crippen MR) is 115 cm³/mol. The van der Waals surface area contributed by atoms with Gasteiger partial charge in [-0.2, -0.15) is 5.26 Å². The van der Waals surface area contributed by atoms with E-state index in [1.165, 1.54) is 6.42 Å². The maximum absolute atomic E-state index is 12.4. The Kier molecular flexibility index (Phi) is 5.55. The van der Waals surface area contributed by atoms with Gasteiger partial charge in [-0.15, -0.1) is 0 Å². The summed E-state index contributed by atoms with van der Waals surface area (Å²) >= 11 is 0. The summed E-state index contributed by atoms with van der Waals surface area (Å²) in [5.74, 6) is -0.372. The average Bonchev–Trinajstić information content (AvgIpc) is 2.87. The summed E-state index contributed by atoms with van der Waals surface area (Å²) < 4.78 is 27.0. The number of nitrogens with one attached hydrogen (secondary N) is 1. The van der Waals surface area contributed by atoms with Crippen LogP contribution in [0, 0.1) is 11.3 Å². The van der Waals surface area contributed by atoms with Gasteiger partial charge in [-0.1, -0.05) is 18.6 Å². The number of nitriles is 1. The number of benzene rings is 2. The van der Waals surface area contributed by atoms with E-state index in [2.05, 4.69) is 9.88 Å². The summed E-state index contributed by atoms with van der Waals surface area (Å²) in [6.07, 6.45) is 4.41. The normalized spacial score (nSPS) is 14.0. The van der Waals surface area contributed by atoms with Crippen LogP contribution in [0.4, 0.5) is 5.69 Å². The van der Waals surface area contributed by atoms with Crippen molar-refractivity contribution < 1.29 is 13.2 Å². The molecule has 30 heavy (non-hydrogen) atoms. The molecule has 0 saturated carbocycles. The SMILES string of the molecule is N#Cc1ccc(CS(=O)(=O)CC(=O)Nc2ccc3c(c2)nc2n3CCCCC2)cc1. The van der Waals surface area contributed by atoms with Gasteiger partial charge in [0.15, 0.2) is 9.84 Å². The second-order valence-corrected chi connectivity index (χ2v) is 9.65. The topological polar surface area (TPSA) is 105 Å². The number of sulfone groups is 1. The van der Waals surface area contributed by atoms with Gasteiger partial charge in [0.05, 0.1) is 28.4 Å². The fourth-order valence-electron chi connectivity index (χ4n) is 3.80.